The highest BCUT2D eigenvalue weighted by atomic mass is 31.1. The molecule has 0 saturated heterocycles. The van der Waals surface area contributed by atoms with E-state index in [1.54, 1.807) is 31.2 Å². The van der Waals surface area contributed by atoms with Crippen LogP contribution in [0.25, 0.3) is 0 Å². The zero-order valence-electron chi connectivity index (χ0n) is 14.0. The van der Waals surface area contributed by atoms with E-state index < -0.39 is 25.7 Å². The summed E-state index contributed by atoms with van der Waals surface area (Å²) < 4.78 is 29.3. The van der Waals surface area contributed by atoms with Crippen LogP contribution in [0, 0.1) is 0 Å². The third-order valence-electron chi connectivity index (χ3n) is 3.42. The fraction of sp³-hybridized carbons (Fsp3) is 0.375. The Morgan fingerprint density at radius 3 is 2.56 bits per heavy atom. The Labute approximate surface area is 145 Å². The summed E-state index contributed by atoms with van der Waals surface area (Å²) in [7, 11) is -2.71. The van der Waals surface area contributed by atoms with Gasteiger partial charge in [0.1, 0.15) is 12.0 Å². The molecule has 1 N–H and O–H groups in total. The molecule has 3 atom stereocenters. The third kappa shape index (κ3) is 6.01. The zero-order valence-corrected chi connectivity index (χ0v) is 15.0. The van der Waals surface area contributed by atoms with Gasteiger partial charge in [0.05, 0.1) is 12.7 Å². The first-order valence-corrected chi connectivity index (χ1v) is 9.08. The lowest BCUT2D eigenvalue weighted by Gasteiger charge is -2.22. The monoisotopic (exact) mass is 368 g/mol. The number of nitrogens with zero attached hydrogens (tertiary/aromatic N) is 1. The van der Waals surface area contributed by atoms with Crippen LogP contribution in [0.15, 0.2) is 52.2 Å². The van der Waals surface area contributed by atoms with Crippen molar-refractivity contribution in [3.05, 3.63) is 63.4 Å². The number of para-hydroxylation sites is 1. The number of benzene rings is 1. The molecule has 0 aliphatic rings. The van der Waals surface area contributed by atoms with Crippen molar-refractivity contribution in [1.29, 1.82) is 0 Å². The van der Waals surface area contributed by atoms with Crippen LogP contribution in [0.1, 0.15) is 26.5 Å². The Bertz CT molecular complexity index is 804. The minimum absolute atomic E-state index is 0.0591. The summed E-state index contributed by atoms with van der Waals surface area (Å²) in [6.07, 6.45) is 0.946. The number of hydrogen-bond acceptors (Lipinski definition) is 6. The molecule has 25 heavy (non-hydrogen) atoms. The van der Waals surface area contributed by atoms with Gasteiger partial charge in [-0.2, -0.15) is 0 Å². The van der Waals surface area contributed by atoms with Crippen LogP contribution in [0.4, 0.5) is 0 Å². The van der Waals surface area contributed by atoms with Gasteiger partial charge in [-0.1, -0.05) is 25.1 Å². The van der Waals surface area contributed by atoms with E-state index >= 15 is 0 Å². The minimum Gasteiger partial charge on any atom is -0.426 e. The molecule has 2 unspecified atom stereocenters. The molecule has 136 valence electrons. The maximum absolute atomic E-state index is 11.9. The highest BCUT2D eigenvalue weighted by Crippen LogP contribution is 2.28. The van der Waals surface area contributed by atoms with Crippen LogP contribution in [0.3, 0.4) is 0 Å². The summed E-state index contributed by atoms with van der Waals surface area (Å²) in [5.41, 5.74) is -1.03. The van der Waals surface area contributed by atoms with E-state index in [-0.39, 0.29) is 12.7 Å². The van der Waals surface area contributed by atoms with E-state index in [9.17, 15) is 14.2 Å². The smallest absolute Gasteiger partial charge is 0.367 e. The molecule has 1 aromatic carbocycles. The Kier molecular flexibility index (Phi) is 7.18. The number of aromatic nitrogens is 2. The Morgan fingerprint density at radius 2 is 1.92 bits per heavy atom. The predicted octanol–water partition coefficient (Wildman–Crippen LogP) is 2.34. The second-order valence-corrected chi connectivity index (χ2v) is 6.25. The number of aromatic amines is 1. The Balaban J connectivity index is 1.88. The van der Waals surface area contributed by atoms with Crippen molar-refractivity contribution in [2.45, 2.75) is 32.6 Å². The number of H-pyrrole nitrogens is 1. The van der Waals surface area contributed by atoms with Gasteiger partial charge in [0.15, 0.2) is 0 Å². The fourth-order valence-electron chi connectivity index (χ4n) is 2.09. The summed E-state index contributed by atoms with van der Waals surface area (Å²) in [4.78, 5) is 25.0. The molecule has 0 radical (unpaired) electrons. The second kappa shape index (κ2) is 9.36. The molecule has 9 heteroatoms. The summed E-state index contributed by atoms with van der Waals surface area (Å²) in [5, 5.41) is 0. The number of rotatable bonds is 9. The highest BCUT2D eigenvalue weighted by Gasteiger charge is 2.16. The molecule has 0 spiro atoms. The lowest BCUT2D eigenvalue weighted by Crippen LogP contribution is -2.33. The SMILES string of the molecule is CCC(CO[PH](=O)Oc1ccccc1)O[C@H](C)n1ccc(=O)[nH]c1=O. The summed E-state index contributed by atoms with van der Waals surface area (Å²) in [6.45, 7) is 3.61. The average molecular weight is 368 g/mol. The molecule has 0 bridgehead atoms. The highest BCUT2D eigenvalue weighted by molar-refractivity contribution is 7.33. The van der Waals surface area contributed by atoms with Crippen LogP contribution in [0.5, 0.6) is 5.75 Å². The quantitative estimate of drug-likeness (QED) is 0.682. The molecule has 1 aromatic heterocycles. The van der Waals surface area contributed by atoms with E-state index in [1.165, 1.54) is 16.8 Å². The molecule has 0 saturated carbocycles. The van der Waals surface area contributed by atoms with Crippen molar-refractivity contribution in [2.75, 3.05) is 6.61 Å². The summed E-state index contributed by atoms with van der Waals surface area (Å²) >= 11 is 0. The lowest BCUT2D eigenvalue weighted by atomic mass is 10.3. The average Bonchev–Trinajstić information content (AvgIpc) is 2.59. The van der Waals surface area contributed by atoms with Gasteiger partial charge < -0.3 is 9.26 Å². The van der Waals surface area contributed by atoms with E-state index in [1.807, 2.05) is 13.0 Å². The van der Waals surface area contributed by atoms with E-state index in [4.69, 9.17) is 13.8 Å². The molecule has 1 heterocycles. The van der Waals surface area contributed by atoms with Crippen LogP contribution in [-0.2, 0) is 13.8 Å². The van der Waals surface area contributed by atoms with Gasteiger partial charge in [-0.3, -0.25) is 18.9 Å². The first-order valence-electron chi connectivity index (χ1n) is 7.86. The van der Waals surface area contributed by atoms with E-state index in [0.29, 0.717) is 12.2 Å². The predicted molar refractivity (Wildman–Crippen MR) is 93.2 cm³/mol. The van der Waals surface area contributed by atoms with Crippen molar-refractivity contribution >= 4 is 8.25 Å². The standard InChI is InChI=1S/C16H21N2O6P/c1-3-13(11-22-25(21)24-14-7-5-4-6-8-14)23-12(2)18-10-9-15(19)17-16(18)20/h4-10,12-13,25H,3,11H2,1-2H3,(H,17,19,20)/t12-,13?/m1/s1. The second-order valence-electron chi connectivity index (χ2n) is 5.26. The van der Waals surface area contributed by atoms with Crippen LogP contribution in [0.2, 0.25) is 0 Å². The Morgan fingerprint density at radius 1 is 1.20 bits per heavy atom. The van der Waals surface area contributed by atoms with Crippen molar-refractivity contribution in [2.24, 2.45) is 0 Å². The van der Waals surface area contributed by atoms with Gasteiger partial charge in [-0.25, -0.2) is 9.36 Å². The van der Waals surface area contributed by atoms with Crippen LogP contribution < -0.4 is 15.8 Å². The normalized spacial score (nSPS) is 14.6. The molecule has 0 fully saturated rings. The largest absolute Gasteiger partial charge is 0.426 e. The molecule has 0 aliphatic carbocycles. The molecule has 2 rings (SSSR count). The van der Waals surface area contributed by atoms with Gasteiger partial charge in [0.25, 0.3) is 5.56 Å². The zero-order chi connectivity index (χ0) is 18.2. The van der Waals surface area contributed by atoms with Crippen LogP contribution >= 0.6 is 8.25 Å². The molecule has 2 aromatic rings. The maximum atomic E-state index is 11.9. The lowest BCUT2D eigenvalue weighted by molar-refractivity contribution is -0.0641. The number of nitrogens with one attached hydrogen (secondary N) is 1. The van der Waals surface area contributed by atoms with Gasteiger partial charge in [-0.05, 0) is 25.5 Å². The van der Waals surface area contributed by atoms with Crippen LogP contribution in [-0.4, -0.2) is 22.3 Å². The van der Waals surface area contributed by atoms with Crippen molar-refractivity contribution in [1.82, 2.24) is 9.55 Å². The minimum atomic E-state index is -2.71. The first kappa shape index (κ1) is 19.2. The first-order chi connectivity index (χ1) is 12.0. The number of hydrogen-bond donors (Lipinski definition) is 1. The van der Waals surface area contributed by atoms with Gasteiger partial charge in [0.2, 0.25) is 0 Å². The fourth-order valence-corrected chi connectivity index (χ4v) is 2.80. The molecule has 8 nitrogen and oxygen atoms in total. The van der Waals surface area contributed by atoms with E-state index in [0.717, 1.165) is 0 Å². The van der Waals surface area contributed by atoms with Crippen molar-refractivity contribution in [3.8, 4) is 5.75 Å². The van der Waals surface area contributed by atoms with Crippen molar-refractivity contribution in [3.63, 3.8) is 0 Å². The van der Waals surface area contributed by atoms with E-state index in [2.05, 4.69) is 4.98 Å². The number of ether oxygens (including phenoxy) is 1. The van der Waals surface area contributed by atoms with Crippen molar-refractivity contribution < 1.29 is 18.3 Å². The maximum Gasteiger partial charge on any atom is 0.367 e. The molecule has 0 aliphatic heterocycles. The topological polar surface area (TPSA) is 99.6 Å². The molecular formula is C16H21N2O6P. The van der Waals surface area contributed by atoms with Gasteiger partial charge >= 0.3 is 13.9 Å². The summed E-state index contributed by atoms with van der Waals surface area (Å²) in [6, 6.07) is 9.98. The Hall–Kier alpha value is -2.15. The molecular weight excluding hydrogens is 347 g/mol. The molecule has 0 amide bonds. The van der Waals surface area contributed by atoms with Gasteiger partial charge in [-0.15, -0.1) is 0 Å². The van der Waals surface area contributed by atoms with Gasteiger partial charge in [0, 0.05) is 12.3 Å². The summed E-state index contributed by atoms with van der Waals surface area (Å²) in [5.74, 6) is 0.466. The third-order valence-corrected chi connectivity index (χ3v) is 4.22.